The van der Waals surface area contributed by atoms with Gasteiger partial charge in [0.15, 0.2) is 0 Å². The zero-order valence-electron chi connectivity index (χ0n) is 7.04. The van der Waals surface area contributed by atoms with Crippen LogP contribution in [0, 0.1) is 5.92 Å². The lowest BCUT2D eigenvalue weighted by Crippen LogP contribution is -2.35. The van der Waals surface area contributed by atoms with Crippen LogP contribution in [0.4, 0.5) is 13.2 Å². The molecule has 1 heterocycles. The average molecular weight is 211 g/mol. The van der Waals surface area contributed by atoms with E-state index in [1.165, 1.54) is 0 Å². The normalized spacial score (nSPS) is 22.9. The summed E-state index contributed by atoms with van der Waals surface area (Å²) in [6.45, 7) is -1.72. The van der Waals surface area contributed by atoms with E-state index in [-0.39, 0.29) is 13.0 Å². The molecule has 0 radical (unpaired) electrons. The van der Waals surface area contributed by atoms with Gasteiger partial charge >= 0.3 is 12.1 Å². The summed E-state index contributed by atoms with van der Waals surface area (Å²) in [4.78, 5) is 21.9. The number of amides is 1. The molecule has 1 aliphatic rings. The van der Waals surface area contributed by atoms with Crippen LogP contribution in [0.3, 0.4) is 0 Å². The molecule has 1 unspecified atom stereocenters. The van der Waals surface area contributed by atoms with Crippen molar-refractivity contribution in [3.05, 3.63) is 0 Å². The van der Waals surface area contributed by atoms with Crippen LogP contribution < -0.4 is 0 Å². The summed E-state index contributed by atoms with van der Waals surface area (Å²) in [5, 5.41) is 8.49. The van der Waals surface area contributed by atoms with E-state index in [1.54, 1.807) is 0 Å². The van der Waals surface area contributed by atoms with Crippen LogP contribution in [0.1, 0.15) is 6.42 Å². The second-order valence-corrected chi connectivity index (χ2v) is 3.13. The van der Waals surface area contributed by atoms with Crippen LogP contribution >= 0.6 is 0 Å². The number of aliphatic carboxylic acids is 1. The first-order chi connectivity index (χ1) is 6.29. The summed E-state index contributed by atoms with van der Waals surface area (Å²) in [5.74, 6) is -3.00. The van der Waals surface area contributed by atoms with Crippen molar-refractivity contribution < 1.29 is 27.9 Å². The van der Waals surface area contributed by atoms with Crippen molar-refractivity contribution in [2.45, 2.75) is 12.6 Å². The van der Waals surface area contributed by atoms with E-state index in [2.05, 4.69) is 0 Å². The number of alkyl halides is 3. The van der Waals surface area contributed by atoms with E-state index in [9.17, 15) is 22.8 Å². The number of likely N-dealkylation sites (tertiary alicyclic amines) is 1. The molecular formula is C7H8F3NO3. The molecule has 4 nitrogen and oxygen atoms in total. The Labute approximate surface area is 77.3 Å². The average Bonchev–Trinajstić information content (AvgIpc) is 2.29. The van der Waals surface area contributed by atoms with Gasteiger partial charge in [0.2, 0.25) is 5.91 Å². The predicted octanol–water partition coefficient (Wildman–Crippen LogP) is 0.482. The minimum Gasteiger partial charge on any atom is -0.481 e. The predicted molar refractivity (Wildman–Crippen MR) is 38.4 cm³/mol. The fourth-order valence-corrected chi connectivity index (χ4v) is 1.31. The molecule has 0 saturated carbocycles. The van der Waals surface area contributed by atoms with Gasteiger partial charge in [-0.1, -0.05) is 0 Å². The molecule has 1 fully saturated rings. The van der Waals surface area contributed by atoms with Gasteiger partial charge in [0, 0.05) is 13.0 Å². The number of rotatable bonds is 2. The molecule has 14 heavy (non-hydrogen) atoms. The second kappa shape index (κ2) is 3.47. The quantitative estimate of drug-likeness (QED) is 0.722. The Bertz CT molecular complexity index is 263. The molecule has 0 aromatic carbocycles. The summed E-state index contributed by atoms with van der Waals surface area (Å²) in [7, 11) is 0. The van der Waals surface area contributed by atoms with E-state index in [1.807, 2.05) is 0 Å². The van der Waals surface area contributed by atoms with E-state index in [0.29, 0.717) is 4.90 Å². The van der Waals surface area contributed by atoms with E-state index < -0.39 is 30.5 Å². The summed E-state index contributed by atoms with van der Waals surface area (Å²) < 4.78 is 35.6. The van der Waals surface area contributed by atoms with Crippen molar-refractivity contribution in [3.8, 4) is 0 Å². The van der Waals surface area contributed by atoms with Crippen molar-refractivity contribution in [2.24, 2.45) is 5.92 Å². The first-order valence-electron chi connectivity index (χ1n) is 3.87. The van der Waals surface area contributed by atoms with Crippen molar-refractivity contribution >= 4 is 11.9 Å². The third kappa shape index (κ3) is 2.61. The number of hydrogen-bond acceptors (Lipinski definition) is 2. The van der Waals surface area contributed by atoms with Crippen LogP contribution in [0.5, 0.6) is 0 Å². The summed E-state index contributed by atoms with van der Waals surface area (Å²) in [5.41, 5.74) is 0. The molecular weight excluding hydrogens is 203 g/mol. The Morgan fingerprint density at radius 1 is 1.57 bits per heavy atom. The Kier molecular flexibility index (Phi) is 2.68. The number of nitrogens with zero attached hydrogens (tertiary/aromatic N) is 1. The number of carbonyl (C=O) groups excluding carboxylic acids is 1. The van der Waals surface area contributed by atoms with Crippen LogP contribution in [-0.4, -0.2) is 41.1 Å². The molecule has 1 saturated heterocycles. The van der Waals surface area contributed by atoms with Gasteiger partial charge in [0.25, 0.3) is 0 Å². The number of halogens is 3. The molecule has 1 rings (SSSR count). The molecule has 0 aromatic heterocycles. The molecule has 80 valence electrons. The van der Waals surface area contributed by atoms with Crippen LogP contribution in [0.25, 0.3) is 0 Å². The molecule has 1 aliphatic heterocycles. The van der Waals surface area contributed by atoms with Crippen LogP contribution in [0.15, 0.2) is 0 Å². The zero-order chi connectivity index (χ0) is 10.9. The second-order valence-electron chi connectivity index (χ2n) is 3.13. The van der Waals surface area contributed by atoms with Crippen LogP contribution in [0.2, 0.25) is 0 Å². The summed E-state index contributed by atoms with van der Waals surface area (Å²) >= 11 is 0. The Hall–Kier alpha value is -1.27. The lowest BCUT2D eigenvalue weighted by atomic mass is 10.1. The standard InChI is InChI=1S/C7H8F3NO3/c8-7(9,10)3-11-2-4(6(13)14)1-5(11)12/h4H,1-3H2,(H,13,14). The molecule has 0 aliphatic carbocycles. The van der Waals surface area contributed by atoms with Crippen molar-refractivity contribution in [3.63, 3.8) is 0 Å². The largest absolute Gasteiger partial charge is 0.481 e. The molecule has 0 bridgehead atoms. The van der Waals surface area contributed by atoms with Crippen molar-refractivity contribution in [2.75, 3.05) is 13.1 Å². The van der Waals surface area contributed by atoms with Gasteiger partial charge in [0.1, 0.15) is 6.54 Å². The fourth-order valence-electron chi connectivity index (χ4n) is 1.31. The van der Waals surface area contributed by atoms with E-state index in [4.69, 9.17) is 5.11 Å². The maximum absolute atomic E-state index is 11.9. The lowest BCUT2D eigenvalue weighted by Gasteiger charge is -2.17. The van der Waals surface area contributed by atoms with Gasteiger partial charge in [-0.25, -0.2) is 0 Å². The SMILES string of the molecule is O=C(O)C1CC(=O)N(CC(F)(F)F)C1. The first kappa shape index (κ1) is 10.8. The lowest BCUT2D eigenvalue weighted by molar-refractivity contribution is -0.157. The van der Waals surface area contributed by atoms with E-state index in [0.717, 1.165) is 0 Å². The van der Waals surface area contributed by atoms with Crippen molar-refractivity contribution in [1.82, 2.24) is 4.90 Å². The maximum Gasteiger partial charge on any atom is 0.406 e. The Morgan fingerprint density at radius 2 is 2.14 bits per heavy atom. The van der Waals surface area contributed by atoms with Gasteiger partial charge < -0.3 is 10.0 Å². The van der Waals surface area contributed by atoms with Gasteiger partial charge in [-0.3, -0.25) is 9.59 Å². The highest BCUT2D eigenvalue weighted by Crippen LogP contribution is 2.23. The summed E-state index contributed by atoms with van der Waals surface area (Å²) in [6, 6.07) is 0. The Morgan fingerprint density at radius 3 is 2.50 bits per heavy atom. The van der Waals surface area contributed by atoms with Gasteiger partial charge in [-0.05, 0) is 0 Å². The van der Waals surface area contributed by atoms with E-state index >= 15 is 0 Å². The van der Waals surface area contributed by atoms with Gasteiger partial charge in [-0.15, -0.1) is 0 Å². The summed E-state index contributed by atoms with van der Waals surface area (Å²) in [6.07, 6.45) is -4.81. The van der Waals surface area contributed by atoms with Crippen molar-refractivity contribution in [1.29, 1.82) is 0 Å². The highest BCUT2D eigenvalue weighted by Gasteiger charge is 2.40. The number of carboxylic acid groups (broad SMARTS) is 1. The minimum absolute atomic E-state index is 0.342. The molecule has 0 spiro atoms. The molecule has 7 heteroatoms. The van der Waals surface area contributed by atoms with Gasteiger partial charge in [-0.2, -0.15) is 13.2 Å². The topological polar surface area (TPSA) is 57.6 Å². The monoisotopic (exact) mass is 211 g/mol. The first-order valence-corrected chi connectivity index (χ1v) is 3.87. The third-order valence-electron chi connectivity index (χ3n) is 1.93. The number of carbonyl (C=O) groups is 2. The molecule has 0 aromatic rings. The minimum atomic E-state index is -4.47. The molecule has 1 N–H and O–H groups in total. The molecule has 1 amide bonds. The number of carboxylic acids is 1. The van der Waals surface area contributed by atoms with Gasteiger partial charge in [0.05, 0.1) is 5.92 Å². The smallest absolute Gasteiger partial charge is 0.406 e. The third-order valence-corrected chi connectivity index (χ3v) is 1.93. The fraction of sp³-hybridized carbons (Fsp3) is 0.714. The Balaban J connectivity index is 2.58. The highest BCUT2D eigenvalue weighted by atomic mass is 19.4. The molecule has 1 atom stereocenters. The highest BCUT2D eigenvalue weighted by molar-refractivity contribution is 5.86. The number of hydrogen-bond donors (Lipinski definition) is 1. The maximum atomic E-state index is 11.9. The zero-order valence-corrected chi connectivity index (χ0v) is 7.04. The van der Waals surface area contributed by atoms with Crippen LogP contribution in [-0.2, 0) is 9.59 Å².